The van der Waals surface area contributed by atoms with Crippen LogP contribution in [-0.4, -0.2) is 47.3 Å². The third kappa shape index (κ3) is 6.03. The zero-order valence-electron chi connectivity index (χ0n) is 21.9. The van der Waals surface area contributed by atoms with Crippen molar-refractivity contribution >= 4 is 35.0 Å². The number of amides is 2. The van der Waals surface area contributed by atoms with Crippen molar-refractivity contribution in [1.82, 2.24) is 20.6 Å². The molecule has 10 heteroatoms. The number of para-hydroxylation sites is 1. The summed E-state index contributed by atoms with van der Waals surface area (Å²) in [6, 6.07) is 6.70. The fourth-order valence-corrected chi connectivity index (χ4v) is 4.33. The van der Waals surface area contributed by atoms with Gasteiger partial charge in [0, 0.05) is 36.6 Å². The molecule has 4 N–H and O–H groups in total. The summed E-state index contributed by atoms with van der Waals surface area (Å²) < 4.78 is 10.8. The minimum Gasteiger partial charge on any atom is -0.493 e. The molecule has 0 spiro atoms. The second-order valence-corrected chi connectivity index (χ2v) is 10.1. The van der Waals surface area contributed by atoms with Gasteiger partial charge in [-0.15, -0.1) is 0 Å². The van der Waals surface area contributed by atoms with Crippen LogP contribution in [0.15, 0.2) is 36.7 Å². The van der Waals surface area contributed by atoms with Crippen molar-refractivity contribution in [2.75, 3.05) is 19.0 Å². The largest absolute Gasteiger partial charge is 0.493 e. The summed E-state index contributed by atoms with van der Waals surface area (Å²) in [4.78, 5) is 32.7. The van der Waals surface area contributed by atoms with Crippen LogP contribution in [-0.2, 0) is 11.2 Å². The van der Waals surface area contributed by atoms with Gasteiger partial charge in [-0.2, -0.15) is 0 Å². The van der Waals surface area contributed by atoms with Gasteiger partial charge in [0.05, 0.1) is 46.4 Å². The molecule has 1 atom stereocenters. The smallest absolute Gasteiger partial charge is 0.408 e. The number of fused-ring (bicyclic) bond motifs is 1. The molecule has 0 saturated heterocycles. The van der Waals surface area contributed by atoms with Crippen molar-refractivity contribution in [3.05, 3.63) is 58.5 Å². The Balaban J connectivity index is 1.74. The van der Waals surface area contributed by atoms with E-state index in [1.807, 2.05) is 12.1 Å². The summed E-state index contributed by atoms with van der Waals surface area (Å²) in [5.74, 6) is 6.43. The molecule has 38 heavy (non-hydrogen) atoms. The summed E-state index contributed by atoms with van der Waals surface area (Å²) in [5.41, 5.74) is 3.93. The number of halogens is 1. The molecular weight excluding hydrogens is 506 g/mol. The average molecular weight is 536 g/mol. The van der Waals surface area contributed by atoms with Crippen molar-refractivity contribution in [1.29, 1.82) is 0 Å². The fourth-order valence-electron chi connectivity index (χ4n) is 4.07. The number of carbonyl (C=O) groups excluding carboxylic acids is 2. The first-order chi connectivity index (χ1) is 18.1. The van der Waals surface area contributed by atoms with Crippen LogP contribution in [0.1, 0.15) is 49.3 Å². The number of alkyl carbamates (subject to hydrolysis) is 1. The number of hydrogen-bond acceptors (Lipinski definition) is 6. The third-order valence-electron chi connectivity index (χ3n) is 5.64. The second kappa shape index (κ2) is 11.1. The summed E-state index contributed by atoms with van der Waals surface area (Å²) in [6.45, 7) is 7.69. The van der Waals surface area contributed by atoms with Crippen LogP contribution in [0.4, 0.5) is 16.2 Å². The maximum absolute atomic E-state index is 12.9. The lowest BCUT2D eigenvalue weighted by atomic mass is 10.0. The molecule has 0 fully saturated rings. The van der Waals surface area contributed by atoms with Crippen LogP contribution in [0, 0.1) is 11.8 Å². The van der Waals surface area contributed by atoms with Crippen molar-refractivity contribution in [2.45, 2.75) is 45.8 Å². The molecule has 1 aliphatic rings. The number of benzene rings is 1. The normalized spacial score (nSPS) is 13.4. The molecule has 4 rings (SSSR count). The van der Waals surface area contributed by atoms with E-state index in [9.17, 15) is 9.59 Å². The zero-order chi connectivity index (χ0) is 27.4. The second-order valence-electron chi connectivity index (χ2n) is 9.74. The van der Waals surface area contributed by atoms with E-state index >= 15 is 0 Å². The molecule has 1 aliphatic heterocycles. The highest BCUT2D eigenvalue weighted by molar-refractivity contribution is 6.32. The number of anilines is 2. The molecule has 9 nitrogen and oxygen atoms in total. The van der Waals surface area contributed by atoms with Gasteiger partial charge >= 0.3 is 6.09 Å². The van der Waals surface area contributed by atoms with E-state index in [1.54, 1.807) is 52.2 Å². The molecule has 2 amide bonds. The van der Waals surface area contributed by atoms with Gasteiger partial charge in [-0.25, -0.2) is 4.79 Å². The maximum atomic E-state index is 12.9. The number of hydrogen-bond donors (Lipinski definition) is 4. The first-order valence-electron chi connectivity index (χ1n) is 12.2. The Kier molecular flexibility index (Phi) is 7.83. The van der Waals surface area contributed by atoms with E-state index in [0.29, 0.717) is 51.9 Å². The number of aromatic nitrogens is 2. The van der Waals surface area contributed by atoms with Crippen molar-refractivity contribution in [3.8, 4) is 28.8 Å². The number of carbonyl (C=O) groups is 2. The monoisotopic (exact) mass is 535 g/mol. The maximum Gasteiger partial charge on any atom is 0.408 e. The van der Waals surface area contributed by atoms with Gasteiger partial charge in [0.25, 0.3) is 5.91 Å². The van der Waals surface area contributed by atoms with Gasteiger partial charge < -0.3 is 30.4 Å². The first-order valence-corrected chi connectivity index (χ1v) is 12.5. The lowest BCUT2D eigenvalue weighted by Crippen LogP contribution is -2.37. The molecule has 0 aliphatic carbocycles. The Labute approximate surface area is 226 Å². The summed E-state index contributed by atoms with van der Waals surface area (Å²) in [5, 5.41) is 9.43. The van der Waals surface area contributed by atoms with Crippen molar-refractivity contribution < 1.29 is 19.1 Å². The lowest BCUT2D eigenvalue weighted by molar-refractivity contribution is 0.0519. The Morgan fingerprint density at radius 1 is 1.26 bits per heavy atom. The number of ether oxygens (including phenoxy) is 2. The summed E-state index contributed by atoms with van der Waals surface area (Å²) >= 11 is 6.35. The number of nitrogens with one attached hydrogen (secondary N) is 4. The third-order valence-corrected chi connectivity index (χ3v) is 5.94. The lowest BCUT2D eigenvalue weighted by Gasteiger charge is -2.20. The van der Waals surface area contributed by atoms with Crippen LogP contribution in [0.2, 0.25) is 5.02 Å². The number of pyridine rings is 1. The standard InChI is InChI=1S/C28H30ClN5O4/c1-16(32-27(36)38-28(2,3)4)9-10-17-15-30-13-11-18(17)23-24(22-20(33-23)12-14-31-26(22)35)34-21-8-6-7-19(29)25(21)37-5/h6-8,11,13,15-16,33-34H,12,14H2,1-5H3,(H,31,35)(H,32,36)/t16-/m0/s1. The zero-order valence-corrected chi connectivity index (χ0v) is 22.7. The van der Waals surface area contributed by atoms with Crippen LogP contribution >= 0.6 is 11.6 Å². The van der Waals surface area contributed by atoms with Gasteiger partial charge in [0.2, 0.25) is 0 Å². The first kappa shape index (κ1) is 26.9. The average Bonchev–Trinajstić information content (AvgIpc) is 3.21. The highest BCUT2D eigenvalue weighted by Gasteiger charge is 2.28. The Morgan fingerprint density at radius 2 is 2.05 bits per heavy atom. The molecule has 0 saturated carbocycles. The Morgan fingerprint density at radius 3 is 2.79 bits per heavy atom. The van der Waals surface area contributed by atoms with Crippen LogP contribution in [0.3, 0.4) is 0 Å². The van der Waals surface area contributed by atoms with E-state index in [2.05, 4.69) is 37.8 Å². The van der Waals surface area contributed by atoms with Gasteiger partial charge in [0.15, 0.2) is 5.75 Å². The Bertz CT molecular complexity index is 1430. The van der Waals surface area contributed by atoms with Crippen molar-refractivity contribution in [3.63, 3.8) is 0 Å². The van der Waals surface area contributed by atoms with Gasteiger partial charge in [-0.1, -0.05) is 29.5 Å². The molecule has 3 aromatic rings. The van der Waals surface area contributed by atoms with E-state index in [1.165, 1.54) is 7.11 Å². The minimum atomic E-state index is -0.609. The van der Waals surface area contributed by atoms with Crippen LogP contribution in [0.25, 0.3) is 11.3 Å². The number of aromatic amines is 1. The molecule has 2 aromatic heterocycles. The molecule has 3 heterocycles. The van der Waals surface area contributed by atoms with Crippen LogP contribution < -0.4 is 20.7 Å². The Hall–Kier alpha value is -4.16. The fraction of sp³-hybridized carbons (Fsp3) is 0.321. The summed E-state index contributed by atoms with van der Waals surface area (Å²) in [6.07, 6.45) is 3.40. The predicted molar refractivity (Wildman–Crippen MR) is 147 cm³/mol. The molecule has 0 radical (unpaired) electrons. The number of nitrogens with zero attached hydrogens (tertiary/aromatic N) is 1. The topological polar surface area (TPSA) is 117 Å². The van der Waals surface area contributed by atoms with Crippen molar-refractivity contribution in [2.24, 2.45) is 0 Å². The number of methoxy groups -OCH3 is 1. The van der Waals surface area contributed by atoms with Crippen LogP contribution in [0.5, 0.6) is 5.75 Å². The molecule has 198 valence electrons. The van der Waals surface area contributed by atoms with Gasteiger partial charge in [0.1, 0.15) is 5.60 Å². The van der Waals surface area contributed by atoms with E-state index in [-0.39, 0.29) is 5.91 Å². The summed E-state index contributed by atoms with van der Waals surface area (Å²) in [7, 11) is 1.54. The highest BCUT2D eigenvalue weighted by Crippen LogP contribution is 2.41. The van der Waals surface area contributed by atoms with Gasteiger partial charge in [-0.3, -0.25) is 9.78 Å². The number of rotatable bonds is 5. The molecular formula is C28H30ClN5O4. The number of H-pyrrole nitrogens is 1. The quantitative estimate of drug-likeness (QED) is 0.340. The van der Waals surface area contributed by atoms with E-state index in [0.717, 1.165) is 11.3 Å². The van der Waals surface area contributed by atoms with Gasteiger partial charge in [-0.05, 0) is 45.9 Å². The molecule has 1 aromatic carbocycles. The highest BCUT2D eigenvalue weighted by atomic mass is 35.5. The molecule has 0 bridgehead atoms. The van der Waals surface area contributed by atoms with E-state index < -0.39 is 17.7 Å². The molecule has 0 unspecified atom stereocenters. The van der Waals surface area contributed by atoms with E-state index in [4.69, 9.17) is 21.1 Å². The predicted octanol–water partition coefficient (Wildman–Crippen LogP) is 5.03. The SMILES string of the molecule is COc1c(Cl)cccc1Nc1c(-c2ccncc2C#C[C@H](C)NC(=O)OC(C)(C)C)[nH]c2c1C(=O)NCC2. The minimum absolute atomic E-state index is 0.186.